The van der Waals surface area contributed by atoms with Gasteiger partial charge in [0.2, 0.25) is 0 Å². The summed E-state index contributed by atoms with van der Waals surface area (Å²) in [5.74, 6) is -2.40. The number of carbonyl (C=O) groups is 1. The summed E-state index contributed by atoms with van der Waals surface area (Å²) in [4.78, 5) is 11.9. The van der Waals surface area contributed by atoms with Crippen LogP contribution in [0, 0.1) is 18.6 Å². The Labute approximate surface area is 131 Å². The summed E-state index contributed by atoms with van der Waals surface area (Å²) in [6.45, 7) is 1.29. The Balaban J connectivity index is 2.07. The molecule has 1 atom stereocenters. The van der Waals surface area contributed by atoms with E-state index in [0.717, 1.165) is 6.07 Å². The lowest BCUT2D eigenvalue weighted by Gasteiger charge is -2.14. The van der Waals surface area contributed by atoms with Crippen LogP contribution in [0.2, 0.25) is 5.02 Å². The topological polar surface area (TPSA) is 49.3 Å². The summed E-state index contributed by atoms with van der Waals surface area (Å²) in [6, 6.07) is 8.45. The van der Waals surface area contributed by atoms with Gasteiger partial charge in [0.05, 0.1) is 11.7 Å². The predicted molar refractivity (Wildman–Crippen MR) is 79.8 cm³/mol. The molecule has 3 nitrogen and oxygen atoms in total. The summed E-state index contributed by atoms with van der Waals surface area (Å²) in [6.07, 6.45) is -1.03. The third-order valence-corrected chi connectivity index (χ3v) is 3.56. The zero-order chi connectivity index (χ0) is 16.3. The molecule has 1 unspecified atom stereocenters. The Morgan fingerprint density at radius 2 is 1.95 bits per heavy atom. The molecule has 22 heavy (non-hydrogen) atoms. The Kier molecular flexibility index (Phi) is 5.11. The largest absolute Gasteiger partial charge is 0.387 e. The van der Waals surface area contributed by atoms with Gasteiger partial charge in [0.1, 0.15) is 11.6 Å². The minimum atomic E-state index is -1.03. The molecule has 0 aliphatic carbocycles. The van der Waals surface area contributed by atoms with Gasteiger partial charge < -0.3 is 10.4 Å². The number of aryl methyl sites for hydroxylation is 1. The molecule has 2 aromatic carbocycles. The molecular formula is C16H14ClF2NO2. The van der Waals surface area contributed by atoms with Gasteiger partial charge in [-0.3, -0.25) is 4.79 Å². The fraction of sp³-hybridized carbons (Fsp3) is 0.188. The molecule has 0 fully saturated rings. The highest BCUT2D eigenvalue weighted by Crippen LogP contribution is 2.22. The highest BCUT2D eigenvalue weighted by Gasteiger charge is 2.17. The number of halogens is 3. The highest BCUT2D eigenvalue weighted by molar-refractivity contribution is 6.31. The van der Waals surface area contributed by atoms with Crippen molar-refractivity contribution < 1.29 is 18.7 Å². The molecular weight excluding hydrogens is 312 g/mol. The molecule has 1 amide bonds. The molecule has 0 heterocycles. The lowest BCUT2D eigenvalue weighted by Crippen LogP contribution is -2.29. The van der Waals surface area contributed by atoms with Crippen LogP contribution in [0.25, 0.3) is 0 Å². The van der Waals surface area contributed by atoms with Crippen LogP contribution in [0.4, 0.5) is 8.78 Å². The number of amides is 1. The molecule has 6 heteroatoms. The second-order valence-corrected chi connectivity index (χ2v) is 5.24. The summed E-state index contributed by atoms with van der Waals surface area (Å²) in [5.41, 5.74) is 0.351. The molecule has 2 rings (SSSR count). The van der Waals surface area contributed by atoms with Gasteiger partial charge in [0.25, 0.3) is 5.91 Å². The predicted octanol–water partition coefficient (Wildman–Crippen LogP) is 3.39. The maximum absolute atomic E-state index is 13.6. The zero-order valence-corrected chi connectivity index (χ0v) is 12.5. The van der Waals surface area contributed by atoms with E-state index in [1.165, 1.54) is 6.92 Å². The minimum Gasteiger partial charge on any atom is -0.387 e. The van der Waals surface area contributed by atoms with E-state index in [-0.39, 0.29) is 17.7 Å². The quantitative estimate of drug-likeness (QED) is 0.905. The van der Waals surface area contributed by atoms with Crippen molar-refractivity contribution in [2.24, 2.45) is 0 Å². The van der Waals surface area contributed by atoms with E-state index in [1.807, 2.05) is 0 Å². The van der Waals surface area contributed by atoms with Gasteiger partial charge >= 0.3 is 0 Å². The van der Waals surface area contributed by atoms with Crippen molar-refractivity contribution in [3.8, 4) is 0 Å². The first-order valence-electron chi connectivity index (χ1n) is 6.56. The number of nitrogens with one attached hydrogen (secondary N) is 1. The fourth-order valence-corrected chi connectivity index (χ4v) is 2.23. The molecule has 0 bridgehead atoms. The molecule has 2 aromatic rings. The molecule has 0 spiro atoms. The average molecular weight is 326 g/mol. The molecule has 0 saturated heterocycles. The minimum absolute atomic E-state index is 0.140. The van der Waals surface area contributed by atoms with Gasteiger partial charge in [0.15, 0.2) is 0 Å². The van der Waals surface area contributed by atoms with E-state index in [1.54, 1.807) is 24.3 Å². The number of rotatable bonds is 4. The summed E-state index contributed by atoms with van der Waals surface area (Å²) in [5, 5.41) is 12.8. The van der Waals surface area contributed by atoms with E-state index in [9.17, 15) is 18.7 Å². The van der Waals surface area contributed by atoms with E-state index in [4.69, 9.17) is 11.6 Å². The van der Waals surface area contributed by atoms with Crippen LogP contribution in [-0.2, 0) is 0 Å². The number of benzene rings is 2. The SMILES string of the molecule is Cc1cc(C(=O)NCC(O)c2ccccc2Cl)c(F)cc1F. The average Bonchev–Trinajstić information content (AvgIpc) is 2.48. The van der Waals surface area contributed by atoms with Crippen LogP contribution in [0.5, 0.6) is 0 Å². The zero-order valence-electron chi connectivity index (χ0n) is 11.7. The maximum atomic E-state index is 13.6. The maximum Gasteiger partial charge on any atom is 0.254 e. The summed E-state index contributed by atoms with van der Waals surface area (Å²) < 4.78 is 26.8. The van der Waals surface area contributed by atoms with Crippen molar-refractivity contribution in [3.63, 3.8) is 0 Å². The third-order valence-electron chi connectivity index (χ3n) is 3.21. The first-order chi connectivity index (χ1) is 10.4. The molecule has 2 N–H and O–H groups in total. The Morgan fingerprint density at radius 1 is 1.27 bits per heavy atom. The number of hydrogen-bond acceptors (Lipinski definition) is 2. The molecule has 0 aromatic heterocycles. The second-order valence-electron chi connectivity index (χ2n) is 4.83. The van der Waals surface area contributed by atoms with E-state index in [2.05, 4.69) is 5.32 Å². The van der Waals surface area contributed by atoms with Crippen molar-refractivity contribution in [1.29, 1.82) is 0 Å². The molecule has 116 valence electrons. The molecule has 0 aliphatic rings. The van der Waals surface area contributed by atoms with Crippen LogP contribution in [-0.4, -0.2) is 17.6 Å². The lowest BCUT2D eigenvalue weighted by molar-refractivity contribution is 0.0912. The van der Waals surface area contributed by atoms with Gasteiger partial charge in [-0.1, -0.05) is 29.8 Å². The first-order valence-corrected chi connectivity index (χ1v) is 6.94. The van der Waals surface area contributed by atoms with Gasteiger partial charge in [-0.15, -0.1) is 0 Å². The number of aliphatic hydroxyl groups is 1. The van der Waals surface area contributed by atoms with Gasteiger partial charge in [-0.2, -0.15) is 0 Å². The van der Waals surface area contributed by atoms with Crippen LogP contribution >= 0.6 is 11.6 Å². The number of aliphatic hydroxyl groups excluding tert-OH is 1. The van der Waals surface area contributed by atoms with Crippen LogP contribution in [0.1, 0.15) is 27.6 Å². The van der Waals surface area contributed by atoms with Crippen molar-refractivity contribution in [2.45, 2.75) is 13.0 Å². The van der Waals surface area contributed by atoms with Crippen LogP contribution in [0.15, 0.2) is 36.4 Å². The number of carbonyl (C=O) groups excluding carboxylic acids is 1. The van der Waals surface area contributed by atoms with Crippen molar-refractivity contribution in [2.75, 3.05) is 6.54 Å². The second kappa shape index (κ2) is 6.85. The van der Waals surface area contributed by atoms with E-state index in [0.29, 0.717) is 16.7 Å². The normalized spacial score (nSPS) is 12.0. The lowest BCUT2D eigenvalue weighted by atomic mass is 10.1. The monoisotopic (exact) mass is 325 g/mol. The Bertz CT molecular complexity index is 707. The molecule has 0 saturated carbocycles. The van der Waals surface area contributed by atoms with Crippen molar-refractivity contribution in [3.05, 3.63) is 69.7 Å². The fourth-order valence-electron chi connectivity index (χ4n) is 1.97. The Morgan fingerprint density at radius 3 is 2.64 bits per heavy atom. The molecule has 0 radical (unpaired) electrons. The Hall–Kier alpha value is -1.98. The van der Waals surface area contributed by atoms with Crippen LogP contribution in [0.3, 0.4) is 0 Å². The smallest absolute Gasteiger partial charge is 0.254 e. The third kappa shape index (κ3) is 3.61. The highest BCUT2D eigenvalue weighted by atomic mass is 35.5. The summed E-state index contributed by atoms with van der Waals surface area (Å²) >= 11 is 5.94. The van der Waals surface area contributed by atoms with Crippen molar-refractivity contribution in [1.82, 2.24) is 5.32 Å². The molecule has 0 aliphatic heterocycles. The van der Waals surface area contributed by atoms with Gasteiger partial charge in [0, 0.05) is 23.2 Å². The van der Waals surface area contributed by atoms with Gasteiger partial charge in [-0.25, -0.2) is 8.78 Å². The van der Waals surface area contributed by atoms with Crippen LogP contribution < -0.4 is 5.32 Å². The standard InChI is InChI=1S/C16H14ClF2NO2/c1-9-6-11(14(19)7-13(9)18)16(22)20-8-15(21)10-4-2-3-5-12(10)17/h2-7,15,21H,8H2,1H3,(H,20,22). The first kappa shape index (κ1) is 16.4. The van der Waals surface area contributed by atoms with E-state index < -0.39 is 23.6 Å². The van der Waals surface area contributed by atoms with Gasteiger partial charge in [-0.05, 0) is 24.6 Å². The van der Waals surface area contributed by atoms with E-state index >= 15 is 0 Å². The number of hydrogen-bond donors (Lipinski definition) is 2. The summed E-state index contributed by atoms with van der Waals surface area (Å²) in [7, 11) is 0. The van der Waals surface area contributed by atoms with Crippen molar-refractivity contribution >= 4 is 17.5 Å².